The average molecular weight is 351 g/mol. The van der Waals surface area contributed by atoms with Crippen LogP contribution in [0.15, 0.2) is 22.8 Å². The van der Waals surface area contributed by atoms with Crippen molar-refractivity contribution in [1.82, 2.24) is 15.0 Å². The Hall–Kier alpha value is -1.53. The summed E-state index contributed by atoms with van der Waals surface area (Å²) >= 11 is 3.55. The Kier molecular flexibility index (Phi) is 5.64. The van der Waals surface area contributed by atoms with Crippen LogP contribution in [-0.4, -0.2) is 28.6 Å². The van der Waals surface area contributed by atoms with Crippen molar-refractivity contribution in [3.63, 3.8) is 0 Å². The topological polar surface area (TPSA) is 59.9 Å². The lowest BCUT2D eigenvalue weighted by atomic mass is 10.2. The monoisotopic (exact) mass is 350 g/mol. The molecule has 112 valence electrons. The highest BCUT2D eigenvalue weighted by Gasteiger charge is 2.13. The van der Waals surface area contributed by atoms with Gasteiger partial charge in [0.15, 0.2) is 5.82 Å². The second kappa shape index (κ2) is 7.47. The summed E-state index contributed by atoms with van der Waals surface area (Å²) in [5, 5.41) is 3.31. The van der Waals surface area contributed by atoms with Crippen LogP contribution in [0.3, 0.4) is 0 Å². The number of ether oxygens (including phenoxy) is 1. The van der Waals surface area contributed by atoms with E-state index in [0.29, 0.717) is 12.4 Å². The molecule has 0 amide bonds. The van der Waals surface area contributed by atoms with Gasteiger partial charge < -0.3 is 10.1 Å². The van der Waals surface area contributed by atoms with E-state index < -0.39 is 0 Å². The SMILES string of the molecule is CCCNc1nc(-c2ccc(C)nc2)nc(COC)c1Br. The number of hydrogen-bond acceptors (Lipinski definition) is 5. The van der Waals surface area contributed by atoms with Crippen LogP contribution in [0.2, 0.25) is 0 Å². The molecular weight excluding hydrogens is 332 g/mol. The van der Waals surface area contributed by atoms with Gasteiger partial charge in [-0.2, -0.15) is 0 Å². The summed E-state index contributed by atoms with van der Waals surface area (Å²) in [6.45, 7) is 5.35. The fourth-order valence-electron chi connectivity index (χ4n) is 1.82. The van der Waals surface area contributed by atoms with Crippen molar-refractivity contribution in [3.8, 4) is 11.4 Å². The molecule has 0 saturated heterocycles. The fraction of sp³-hybridized carbons (Fsp3) is 0.400. The van der Waals surface area contributed by atoms with Crippen molar-refractivity contribution < 1.29 is 4.74 Å². The molecule has 0 unspecified atom stereocenters. The smallest absolute Gasteiger partial charge is 0.163 e. The van der Waals surface area contributed by atoms with Crippen molar-refractivity contribution in [2.45, 2.75) is 26.9 Å². The molecule has 0 aliphatic heterocycles. The van der Waals surface area contributed by atoms with Gasteiger partial charge in [-0.05, 0) is 41.4 Å². The molecule has 0 spiro atoms. The van der Waals surface area contributed by atoms with E-state index in [1.807, 2.05) is 19.1 Å². The second-order valence-electron chi connectivity index (χ2n) is 4.70. The molecule has 2 aromatic rings. The summed E-state index contributed by atoms with van der Waals surface area (Å²) in [7, 11) is 1.65. The number of pyridine rings is 1. The summed E-state index contributed by atoms with van der Waals surface area (Å²) < 4.78 is 6.06. The molecule has 0 bridgehead atoms. The van der Waals surface area contributed by atoms with Crippen LogP contribution >= 0.6 is 15.9 Å². The number of halogens is 1. The first-order valence-corrected chi connectivity index (χ1v) is 7.67. The molecule has 0 aliphatic carbocycles. The molecule has 21 heavy (non-hydrogen) atoms. The number of aromatic nitrogens is 3. The molecule has 2 heterocycles. The highest BCUT2D eigenvalue weighted by Crippen LogP contribution is 2.27. The third kappa shape index (κ3) is 3.98. The lowest BCUT2D eigenvalue weighted by Crippen LogP contribution is -2.08. The first-order valence-electron chi connectivity index (χ1n) is 6.88. The van der Waals surface area contributed by atoms with E-state index in [4.69, 9.17) is 4.74 Å². The van der Waals surface area contributed by atoms with Crippen molar-refractivity contribution >= 4 is 21.7 Å². The largest absolute Gasteiger partial charge is 0.378 e. The lowest BCUT2D eigenvalue weighted by molar-refractivity contribution is 0.181. The van der Waals surface area contributed by atoms with E-state index in [0.717, 1.165) is 40.2 Å². The van der Waals surface area contributed by atoms with Gasteiger partial charge in [-0.15, -0.1) is 0 Å². The summed E-state index contributed by atoms with van der Waals surface area (Å²) in [6, 6.07) is 3.93. The number of methoxy groups -OCH3 is 1. The van der Waals surface area contributed by atoms with Crippen LogP contribution in [0.4, 0.5) is 5.82 Å². The normalized spacial score (nSPS) is 10.7. The minimum absolute atomic E-state index is 0.427. The van der Waals surface area contributed by atoms with Gasteiger partial charge in [0.2, 0.25) is 0 Å². The Bertz CT molecular complexity index is 601. The predicted molar refractivity (Wildman–Crippen MR) is 87.2 cm³/mol. The maximum atomic E-state index is 5.21. The molecular formula is C15H19BrN4O. The molecule has 0 saturated carbocycles. The summed E-state index contributed by atoms with van der Waals surface area (Å²) in [5.41, 5.74) is 2.68. The number of anilines is 1. The van der Waals surface area contributed by atoms with Crippen molar-refractivity contribution in [1.29, 1.82) is 0 Å². The molecule has 0 fully saturated rings. The van der Waals surface area contributed by atoms with Gasteiger partial charge in [0.05, 0.1) is 16.8 Å². The zero-order valence-electron chi connectivity index (χ0n) is 12.5. The lowest BCUT2D eigenvalue weighted by Gasteiger charge is -2.12. The quantitative estimate of drug-likeness (QED) is 0.862. The molecule has 0 aliphatic rings. The van der Waals surface area contributed by atoms with Crippen LogP contribution in [0, 0.1) is 6.92 Å². The second-order valence-corrected chi connectivity index (χ2v) is 5.50. The Labute approximate surface area is 133 Å². The Morgan fingerprint density at radius 1 is 1.29 bits per heavy atom. The minimum Gasteiger partial charge on any atom is -0.378 e. The molecule has 0 atom stereocenters. The molecule has 2 aromatic heterocycles. The van der Waals surface area contributed by atoms with E-state index in [2.05, 4.69) is 43.1 Å². The van der Waals surface area contributed by atoms with Crippen molar-refractivity contribution in [3.05, 3.63) is 34.2 Å². The van der Waals surface area contributed by atoms with Gasteiger partial charge in [-0.25, -0.2) is 9.97 Å². The number of rotatable bonds is 6. The van der Waals surface area contributed by atoms with E-state index >= 15 is 0 Å². The standard InChI is InChI=1S/C15H19BrN4O/c1-4-7-17-15-13(16)12(9-21-3)19-14(20-15)11-6-5-10(2)18-8-11/h5-6,8H,4,7,9H2,1-3H3,(H,17,19,20). The summed E-state index contributed by atoms with van der Waals surface area (Å²) in [6.07, 6.45) is 2.82. The Morgan fingerprint density at radius 3 is 2.71 bits per heavy atom. The van der Waals surface area contributed by atoms with Gasteiger partial charge in [0.25, 0.3) is 0 Å². The predicted octanol–water partition coefficient (Wildman–Crippen LogP) is 3.58. The summed E-state index contributed by atoms with van der Waals surface area (Å²) in [4.78, 5) is 13.5. The van der Waals surface area contributed by atoms with Gasteiger partial charge in [0.1, 0.15) is 5.82 Å². The zero-order valence-corrected chi connectivity index (χ0v) is 14.1. The van der Waals surface area contributed by atoms with E-state index in [-0.39, 0.29) is 0 Å². The number of nitrogens with one attached hydrogen (secondary N) is 1. The van der Waals surface area contributed by atoms with Crippen LogP contribution < -0.4 is 5.32 Å². The van der Waals surface area contributed by atoms with Gasteiger partial charge >= 0.3 is 0 Å². The maximum Gasteiger partial charge on any atom is 0.163 e. The first kappa shape index (κ1) is 15.9. The Balaban J connectivity index is 2.44. The summed E-state index contributed by atoms with van der Waals surface area (Å²) in [5.74, 6) is 1.44. The molecule has 0 aromatic carbocycles. The third-order valence-electron chi connectivity index (χ3n) is 2.91. The molecule has 6 heteroatoms. The molecule has 5 nitrogen and oxygen atoms in total. The van der Waals surface area contributed by atoms with Crippen LogP contribution in [0.5, 0.6) is 0 Å². The molecule has 0 radical (unpaired) electrons. The van der Waals surface area contributed by atoms with Crippen molar-refractivity contribution in [2.24, 2.45) is 0 Å². The van der Waals surface area contributed by atoms with Crippen LogP contribution in [0.1, 0.15) is 24.7 Å². The molecule has 2 rings (SSSR count). The van der Waals surface area contributed by atoms with Crippen LogP contribution in [0.25, 0.3) is 11.4 Å². The fourth-order valence-corrected chi connectivity index (χ4v) is 2.25. The van der Waals surface area contributed by atoms with Gasteiger partial charge in [0, 0.05) is 31.1 Å². The van der Waals surface area contributed by atoms with E-state index in [1.165, 1.54) is 0 Å². The van der Waals surface area contributed by atoms with E-state index in [9.17, 15) is 0 Å². The van der Waals surface area contributed by atoms with Gasteiger partial charge in [-0.1, -0.05) is 6.92 Å². The highest BCUT2D eigenvalue weighted by atomic mass is 79.9. The maximum absolute atomic E-state index is 5.21. The zero-order chi connectivity index (χ0) is 15.2. The van der Waals surface area contributed by atoms with Crippen LogP contribution in [-0.2, 0) is 11.3 Å². The molecule has 1 N–H and O–H groups in total. The first-order chi connectivity index (χ1) is 10.2. The van der Waals surface area contributed by atoms with E-state index in [1.54, 1.807) is 13.3 Å². The minimum atomic E-state index is 0.427. The number of nitrogens with zero attached hydrogens (tertiary/aromatic N) is 3. The third-order valence-corrected chi connectivity index (χ3v) is 3.75. The van der Waals surface area contributed by atoms with Gasteiger partial charge in [-0.3, -0.25) is 4.98 Å². The highest BCUT2D eigenvalue weighted by molar-refractivity contribution is 9.10. The Morgan fingerprint density at radius 2 is 2.10 bits per heavy atom. The average Bonchev–Trinajstić information content (AvgIpc) is 2.49. The number of hydrogen-bond donors (Lipinski definition) is 1. The van der Waals surface area contributed by atoms with Crippen molar-refractivity contribution in [2.75, 3.05) is 19.0 Å². The number of aryl methyl sites for hydroxylation is 1.